The van der Waals surface area contributed by atoms with E-state index in [0.717, 1.165) is 50.6 Å². The first-order valence-corrected chi connectivity index (χ1v) is 18.8. The van der Waals surface area contributed by atoms with Gasteiger partial charge in [-0.2, -0.15) is 36.6 Å². The standard InChI is InChI=1S/C47H36N5S.Pt/c1-46(2,3)31-23-25-49-45(28-31)52-38-16-8-5-13-34(38)35-22-21-32(27-41(35)52)47(36-14-6-11-19-42(36)53-43-20-12-7-15-37(43)47)44-29-33(24-26-48-44)51-30-50(4)39-17-9-10-18-40(39)51;/h5-26,28,30H,1-4H3;/q-3;. The van der Waals surface area contributed by atoms with Gasteiger partial charge in [-0.25, -0.2) is 11.1 Å². The topological polar surface area (TPSA) is 37.2 Å². The molecule has 8 aromatic rings. The van der Waals surface area contributed by atoms with Crippen molar-refractivity contribution in [1.29, 1.82) is 0 Å². The molecule has 5 nitrogen and oxygen atoms in total. The summed E-state index contributed by atoms with van der Waals surface area (Å²) in [6.07, 6.45) is 3.87. The van der Waals surface area contributed by atoms with E-state index in [9.17, 15) is 0 Å². The predicted molar refractivity (Wildman–Crippen MR) is 216 cm³/mol. The quantitative estimate of drug-likeness (QED) is 0.165. The van der Waals surface area contributed by atoms with Crippen LogP contribution in [-0.4, -0.2) is 21.6 Å². The number of rotatable bonds is 4. The second-order valence-electron chi connectivity index (χ2n) is 14.9. The van der Waals surface area contributed by atoms with Gasteiger partial charge in [-0.1, -0.05) is 111 Å². The third-order valence-corrected chi connectivity index (χ3v) is 11.9. The predicted octanol–water partition coefficient (Wildman–Crippen LogP) is 11.0. The van der Waals surface area contributed by atoms with Crippen LogP contribution in [0.3, 0.4) is 0 Å². The van der Waals surface area contributed by atoms with E-state index in [1.807, 2.05) is 24.2 Å². The molecule has 0 atom stereocenters. The van der Waals surface area contributed by atoms with Crippen LogP contribution in [0.2, 0.25) is 0 Å². The minimum atomic E-state index is -0.824. The summed E-state index contributed by atoms with van der Waals surface area (Å²) < 4.78 is 2.28. The van der Waals surface area contributed by atoms with Crippen molar-refractivity contribution >= 4 is 50.6 Å². The second kappa shape index (κ2) is 13.0. The molecule has 5 aromatic carbocycles. The third kappa shape index (κ3) is 5.18. The van der Waals surface area contributed by atoms with Gasteiger partial charge in [-0.15, -0.1) is 10.9 Å². The van der Waals surface area contributed by atoms with Crippen LogP contribution in [0.4, 0.5) is 17.1 Å². The van der Waals surface area contributed by atoms with Crippen LogP contribution in [0.1, 0.15) is 48.7 Å². The van der Waals surface area contributed by atoms with Crippen LogP contribution >= 0.6 is 11.8 Å². The molecule has 0 saturated carbocycles. The molecule has 268 valence electrons. The molecule has 0 spiro atoms. The Balaban J connectivity index is 0.00000384. The van der Waals surface area contributed by atoms with E-state index in [1.165, 1.54) is 31.9 Å². The fourth-order valence-corrected chi connectivity index (χ4v) is 9.38. The molecule has 7 heteroatoms. The summed E-state index contributed by atoms with van der Waals surface area (Å²) >= 11 is 1.81. The fraction of sp³-hybridized carbons (Fsp3) is 0.128. The smallest absolute Gasteiger partial charge is 0.135 e. The van der Waals surface area contributed by atoms with Crippen molar-refractivity contribution in [3.05, 3.63) is 187 Å². The zero-order chi connectivity index (χ0) is 35.9. The van der Waals surface area contributed by atoms with E-state index in [1.54, 1.807) is 0 Å². The Morgan fingerprint density at radius 2 is 1.35 bits per heavy atom. The van der Waals surface area contributed by atoms with Crippen molar-refractivity contribution in [3.8, 4) is 5.82 Å². The van der Waals surface area contributed by atoms with Crippen LogP contribution in [0, 0.1) is 18.8 Å². The molecule has 0 saturated heterocycles. The minimum Gasteiger partial charge on any atom is -0.504 e. The summed E-state index contributed by atoms with van der Waals surface area (Å²) in [6, 6.07) is 53.5. The van der Waals surface area contributed by atoms with Gasteiger partial charge in [-0.05, 0) is 82.7 Å². The maximum absolute atomic E-state index is 5.24. The molecule has 0 N–H and O–H groups in total. The number of anilines is 3. The Kier molecular flexibility index (Phi) is 8.33. The number of aromatic nitrogens is 3. The van der Waals surface area contributed by atoms with E-state index in [2.05, 4.69) is 188 Å². The maximum atomic E-state index is 5.24. The van der Waals surface area contributed by atoms with Gasteiger partial charge in [0.15, 0.2) is 0 Å². The summed E-state index contributed by atoms with van der Waals surface area (Å²) in [4.78, 5) is 17.0. The van der Waals surface area contributed by atoms with Gasteiger partial charge in [0, 0.05) is 59.4 Å². The summed E-state index contributed by atoms with van der Waals surface area (Å²) in [5.41, 5.74) is 9.80. The Labute approximate surface area is 335 Å². The summed E-state index contributed by atoms with van der Waals surface area (Å²) in [5.74, 6) is 0.880. The number of nitrogens with zero attached hydrogens (tertiary/aromatic N) is 5. The number of hydrogen-bond acceptors (Lipinski definition) is 5. The first kappa shape index (κ1) is 34.6. The SMILES string of the molecule is CN1[CH-]N(c2[c-]c(C3(c4[c-]c5c(cc4)c4ccccc4n5-c4cc(C(C)(C)C)ccn4)c4ccccc4Sc4ccccc43)ncc2)c2ccccc21.[Pt]. The Morgan fingerprint density at radius 3 is 2.11 bits per heavy atom. The number of para-hydroxylation sites is 3. The number of fused-ring (bicyclic) bond motifs is 6. The van der Waals surface area contributed by atoms with Gasteiger partial charge in [-0.3, -0.25) is 4.98 Å². The van der Waals surface area contributed by atoms with Crippen LogP contribution in [0.5, 0.6) is 0 Å². The summed E-state index contributed by atoms with van der Waals surface area (Å²) in [7, 11) is 2.09. The van der Waals surface area contributed by atoms with Crippen molar-refractivity contribution in [2.75, 3.05) is 16.8 Å². The van der Waals surface area contributed by atoms with Gasteiger partial charge < -0.3 is 14.4 Å². The largest absolute Gasteiger partial charge is 0.504 e. The average Bonchev–Trinajstić information content (AvgIpc) is 3.71. The van der Waals surface area contributed by atoms with Crippen LogP contribution in [0.25, 0.3) is 27.6 Å². The molecule has 3 aromatic heterocycles. The van der Waals surface area contributed by atoms with Crippen molar-refractivity contribution in [3.63, 3.8) is 0 Å². The second-order valence-corrected chi connectivity index (χ2v) is 16.0. The van der Waals surface area contributed by atoms with Gasteiger partial charge in [0.1, 0.15) is 5.82 Å². The molecule has 5 heterocycles. The Bertz CT molecular complexity index is 2680. The van der Waals surface area contributed by atoms with Crippen molar-refractivity contribution in [2.45, 2.75) is 41.4 Å². The molecule has 0 aliphatic carbocycles. The molecular weight excluding hydrogens is 862 g/mol. The molecule has 0 unspecified atom stereocenters. The van der Waals surface area contributed by atoms with E-state index in [4.69, 9.17) is 9.97 Å². The molecule has 2 aliphatic heterocycles. The molecule has 2 aliphatic rings. The van der Waals surface area contributed by atoms with Gasteiger partial charge in [0.25, 0.3) is 0 Å². The minimum absolute atomic E-state index is 0. The van der Waals surface area contributed by atoms with Gasteiger partial charge in [0.05, 0.1) is 0 Å². The maximum Gasteiger partial charge on any atom is 0.135 e. The normalized spacial score (nSPS) is 14.4. The molecule has 0 bridgehead atoms. The van der Waals surface area contributed by atoms with Crippen LogP contribution in [-0.2, 0) is 31.9 Å². The first-order valence-electron chi connectivity index (χ1n) is 18.0. The van der Waals surface area contributed by atoms with E-state index >= 15 is 0 Å². The van der Waals surface area contributed by atoms with Gasteiger partial charge in [0.2, 0.25) is 0 Å². The zero-order valence-electron chi connectivity index (χ0n) is 30.3. The average molecular weight is 898 g/mol. The van der Waals surface area contributed by atoms with Crippen molar-refractivity contribution < 1.29 is 21.1 Å². The monoisotopic (exact) mass is 897 g/mol. The Hall–Kier alpha value is -5.16. The van der Waals surface area contributed by atoms with E-state index in [-0.39, 0.29) is 26.5 Å². The molecule has 0 radical (unpaired) electrons. The molecule has 0 amide bonds. The fourth-order valence-electron chi connectivity index (χ4n) is 8.19. The number of pyridine rings is 2. The summed E-state index contributed by atoms with van der Waals surface area (Å²) in [5, 5.41) is 2.30. The molecular formula is C47H36N5PtS-3. The van der Waals surface area contributed by atoms with E-state index < -0.39 is 5.41 Å². The van der Waals surface area contributed by atoms with Crippen LogP contribution < -0.4 is 9.80 Å². The van der Waals surface area contributed by atoms with Crippen molar-refractivity contribution in [2.24, 2.45) is 0 Å². The van der Waals surface area contributed by atoms with Crippen LogP contribution in [0.15, 0.2) is 150 Å². The van der Waals surface area contributed by atoms with Crippen molar-refractivity contribution in [1.82, 2.24) is 14.5 Å². The Morgan fingerprint density at radius 1 is 0.685 bits per heavy atom. The zero-order valence-corrected chi connectivity index (χ0v) is 33.4. The van der Waals surface area contributed by atoms with Gasteiger partial charge >= 0.3 is 0 Å². The number of benzene rings is 5. The molecule has 10 rings (SSSR count). The third-order valence-electron chi connectivity index (χ3n) is 10.7. The summed E-state index contributed by atoms with van der Waals surface area (Å²) in [6.45, 7) is 8.86. The first-order chi connectivity index (χ1) is 25.8. The van der Waals surface area contributed by atoms with E-state index in [0.29, 0.717) is 0 Å². The number of hydrogen-bond donors (Lipinski definition) is 0. The molecule has 54 heavy (non-hydrogen) atoms. The molecule has 0 fully saturated rings.